The summed E-state index contributed by atoms with van der Waals surface area (Å²) in [6.45, 7) is 3.83. The first-order chi connectivity index (χ1) is 16.7. The van der Waals surface area contributed by atoms with Crippen LogP contribution in [0.3, 0.4) is 0 Å². The van der Waals surface area contributed by atoms with E-state index in [1.165, 1.54) is 11.4 Å². The van der Waals surface area contributed by atoms with Crippen molar-refractivity contribution in [2.24, 2.45) is 5.10 Å². The van der Waals surface area contributed by atoms with E-state index in [0.717, 1.165) is 11.1 Å². The molecule has 3 aromatic rings. The Labute approximate surface area is 206 Å². The van der Waals surface area contributed by atoms with Crippen molar-refractivity contribution in [2.45, 2.75) is 25.2 Å². The van der Waals surface area contributed by atoms with Gasteiger partial charge in [-0.15, -0.1) is 0 Å². The molecule has 1 N–H and O–H groups in total. The van der Waals surface area contributed by atoms with Crippen LogP contribution >= 0.6 is 0 Å². The van der Waals surface area contributed by atoms with E-state index in [1.54, 1.807) is 74.9 Å². The van der Waals surface area contributed by atoms with E-state index < -0.39 is 15.9 Å². The molecule has 0 unspecified atom stereocenters. The number of hydrogen-bond donors (Lipinski definition) is 1. The third-order valence-corrected chi connectivity index (χ3v) is 7.32. The molecule has 0 radical (unpaired) electrons. The monoisotopic (exact) mass is 495 g/mol. The van der Waals surface area contributed by atoms with Crippen LogP contribution in [0, 0.1) is 6.92 Å². The lowest BCUT2D eigenvalue weighted by molar-refractivity contribution is 0.0955. The summed E-state index contributed by atoms with van der Waals surface area (Å²) in [5.74, 6) is 0.759. The number of hydrogen-bond acceptors (Lipinski definition) is 6. The molecule has 0 aliphatic rings. The fourth-order valence-corrected chi connectivity index (χ4v) is 4.57. The molecule has 0 saturated carbocycles. The number of hydrazone groups is 1. The molecule has 3 aromatic carbocycles. The van der Waals surface area contributed by atoms with Crippen molar-refractivity contribution in [1.29, 1.82) is 0 Å². The summed E-state index contributed by atoms with van der Waals surface area (Å²) in [5, 5.41) is 4.28. The molecule has 9 heteroatoms. The second kappa shape index (κ2) is 11.1. The molecule has 0 spiro atoms. The Morgan fingerprint density at radius 3 is 2.09 bits per heavy atom. The van der Waals surface area contributed by atoms with Gasteiger partial charge in [-0.25, -0.2) is 13.8 Å². The molecule has 0 aliphatic carbocycles. The Morgan fingerprint density at radius 2 is 1.51 bits per heavy atom. The van der Waals surface area contributed by atoms with Crippen LogP contribution in [0.4, 0.5) is 5.69 Å². The maximum atomic E-state index is 12.9. The number of methoxy groups -OCH3 is 2. The molecular weight excluding hydrogens is 466 g/mol. The number of carbonyl (C=O) groups excluding carboxylic acids is 1. The Bertz CT molecular complexity index is 1320. The third-order valence-electron chi connectivity index (χ3n) is 5.52. The number of anilines is 1. The number of aryl methyl sites for hydroxylation is 1. The minimum Gasteiger partial charge on any atom is -0.493 e. The summed E-state index contributed by atoms with van der Waals surface area (Å²) < 4.78 is 37.6. The molecule has 0 saturated heterocycles. The lowest BCUT2D eigenvalue weighted by Crippen LogP contribution is -2.26. The van der Waals surface area contributed by atoms with E-state index in [2.05, 4.69) is 10.5 Å². The predicted molar refractivity (Wildman–Crippen MR) is 137 cm³/mol. The minimum atomic E-state index is -3.72. The number of rotatable bonds is 9. The van der Waals surface area contributed by atoms with Gasteiger partial charge in [-0.1, -0.05) is 24.6 Å². The van der Waals surface area contributed by atoms with Gasteiger partial charge in [0.15, 0.2) is 11.5 Å². The maximum absolute atomic E-state index is 12.9. The number of nitrogens with one attached hydrogen (secondary N) is 1. The second-order valence-electron chi connectivity index (χ2n) is 7.76. The van der Waals surface area contributed by atoms with Crippen molar-refractivity contribution >= 4 is 27.3 Å². The van der Waals surface area contributed by atoms with Gasteiger partial charge in [0.2, 0.25) is 0 Å². The van der Waals surface area contributed by atoms with Crippen molar-refractivity contribution in [2.75, 3.05) is 25.6 Å². The summed E-state index contributed by atoms with van der Waals surface area (Å²) in [6, 6.07) is 18.4. The summed E-state index contributed by atoms with van der Waals surface area (Å²) in [5.41, 5.74) is 5.79. The average Bonchev–Trinajstić information content (AvgIpc) is 2.88. The fourth-order valence-electron chi connectivity index (χ4n) is 3.38. The van der Waals surface area contributed by atoms with E-state index in [1.807, 2.05) is 19.9 Å². The number of ether oxygens (including phenoxy) is 2. The highest BCUT2D eigenvalue weighted by molar-refractivity contribution is 7.92. The number of nitrogens with zero attached hydrogens (tertiary/aromatic N) is 2. The number of amides is 1. The number of sulfonamides is 1. The van der Waals surface area contributed by atoms with Crippen LogP contribution in [0.25, 0.3) is 0 Å². The first kappa shape index (κ1) is 25.8. The molecule has 8 nitrogen and oxygen atoms in total. The molecule has 35 heavy (non-hydrogen) atoms. The molecule has 0 atom stereocenters. The average molecular weight is 496 g/mol. The summed E-state index contributed by atoms with van der Waals surface area (Å²) in [4.78, 5) is 12.9. The van der Waals surface area contributed by atoms with Crippen molar-refractivity contribution in [3.63, 3.8) is 0 Å². The van der Waals surface area contributed by atoms with Gasteiger partial charge in [-0.3, -0.25) is 9.10 Å². The fraction of sp³-hybridized carbons (Fsp3) is 0.231. The number of carbonyl (C=O) groups is 1. The van der Waals surface area contributed by atoms with Gasteiger partial charge in [0.05, 0.1) is 30.5 Å². The lowest BCUT2D eigenvalue weighted by atomic mass is 10.1. The van der Waals surface area contributed by atoms with Gasteiger partial charge in [-0.2, -0.15) is 5.10 Å². The smallest absolute Gasteiger partial charge is 0.271 e. The maximum Gasteiger partial charge on any atom is 0.271 e. The van der Waals surface area contributed by atoms with Gasteiger partial charge >= 0.3 is 0 Å². The normalized spacial score (nSPS) is 11.6. The Hall–Kier alpha value is -3.85. The number of benzene rings is 3. The highest BCUT2D eigenvalue weighted by atomic mass is 32.2. The standard InChI is InChI=1S/C26H29N3O5S/c1-6-23(20-11-16-24(33-4)25(17-20)34-5)27-28-26(30)19-9-12-21(13-10-19)29(3)35(31,32)22-14-7-18(2)8-15-22/h7-17H,6H2,1-5H3,(H,28,30)/b27-23-. The van der Waals surface area contributed by atoms with Crippen LogP contribution in [0.5, 0.6) is 11.5 Å². The Morgan fingerprint density at radius 1 is 0.914 bits per heavy atom. The SMILES string of the molecule is CC/C(=N/NC(=O)c1ccc(N(C)S(=O)(=O)c2ccc(C)cc2)cc1)c1ccc(OC)c(OC)c1. The van der Waals surface area contributed by atoms with Crippen LogP contribution < -0.4 is 19.2 Å². The molecule has 0 heterocycles. The van der Waals surface area contributed by atoms with Crippen LogP contribution in [0.1, 0.15) is 34.8 Å². The molecule has 184 valence electrons. The van der Waals surface area contributed by atoms with Gasteiger partial charge in [0.25, 0.3) is 15.9 Å². The van der Waals surface area contributed by atoms with Crippen molar-refractivity contribution in [1.82, 2.24) is 5.43 Å². The summed E-state index contributed by atoms with van der Waals surface area (Å²) in [6.07, 6.45) is 0.580. The van der Waals surface area contributed by atoms with Crippen molar-refractivity contribution in [3.05, 3.63) is 83.4 Å². The topological polar surface area (TPSA) is 97.3 Å². The van der Waals surface area contributed by atoms with E-state index in [-0.39, 0.29) is 4.90 Å². The zero-order valence-electron chi connectivity index (χ0n) is 20.4. The predicted octanol–water partition coefficient (Wildman–Crippen LogP) is 4.38. The van der Waals surface area contributed by atoms with E-state index in [0.29, 0.717) is 34.9 Å². The largest absolute Gasteiger partial charge is 0.493 e. The lowest BCUT2D eigenvalue weighted by Gasteiger charge is -2.19. The Balaban J connectivity index is 1.75. The van der Waals surface area contributed by atoms with Crippen molar-refractivity contribution in [3.8, 4) is 11.5 Å². The van der Waals surface area contributed by atoms with E-state index in [9.17, 15) is 13.2 Å². The first-order valence-corrected chi connectivity index (χ1v) is 12.4. The first-order valence-electron chi connectivity index (χ1n) is 11.0. The van der Waals surface area contributed by atoms with Crippen LogP contribution in [-0.4, -0.2) is 41.3 Å². The van der Waals surface area contributed by atoms with Crippen LogP contribution in [-0.2, 0) is 10.0 Å². The molecule has 1 amide bonds. The molecular formula is C26H29N3O5S. The van der Waals surface area contributed by atoms with Gasteiger partial charge in [-0.05, 0) is 67.9 Å². The molecule has 0 fully saturated rings. The molecule has 3 rings (SSSR count). The quantitative estimate of drug-likeness (QED) is 0.351. The zero-order valence-corrected chi connectivity index (χ0v) is 21.2. The Kier molecular flexibility index (Phi) is 8.14. The highest BCUT2D eigenvalue weighted by Gasteiger charge is 2.21. The molecule has 0 bridgehead atoms. The molecule has 0 aliphatic heterocycles. The highest BCUT2D eigenvalue weighted by Crippen LogP contribution is 2.28. The third kappa shape index (κ3) is 5.81. The van der Waals surface area contributed by atoms with Gasteiger partial charge in [0, 0.05) is 18.2 Å². The van der Waals surface area contributed by atoms with Crippen LogP contribution in [0.2, 0.25) is 0 Å². The van der Waals surface area contributed by atoms with E-state index >= 15 is 0 Å². The van der Waals surface area contributed by atoms with Crippen molar-refractivity contribution < 1.29 is 22.7 Å². The van der Waals surface area contributed by atoms with E-state index in [4.69, 9.17) is 9.47 Å². The van der Waals surface area contributed by atoms with Gasteiger partial charge in [0.1, 0.15) is 0 Å². The summed E-state index contributed by atoms with van der Waals surface area (Å²) in [7, 11) is 0.879. The summed E-state index contributed by atoms with van der Waals surface area (Å²) >= 11 is 0. The second-order valence-corrected chi connectivity index (χ2v) is 9.72. The zero-order chi connectivity index (χ0) is 25.6. The van der Waals surface area contributed by atoms with Crippen LogP contribution in [0.15, 0.2) is 76.7 Å². The van der Waals surface area contributed by atoms with Gasteiger partial charge < -0.3 is 9.47 Å². The molecule has 0 aromatic heterocycles. The minimum absolute atomic E-state index is 0.198.